The number of para-hydroxylation sites is 1. The molecule has 1 atom stereocenters. The van der Waals surface area contributed by atoms with E-state index in [1.165, 1.54) is 10.6 Å². The normalized spacial score (nSPS) is 19.5. The molecule has 8 nitrogen and oxygen atoms in total. The first-order valence-electron chi connectivity index (χ1n) is 12.3. The number of hydrogen-bond acceptors (Lipinski definition) is 6. The second kappa shape index (κ2) is 8.60. The Morgan fingerprint density at radius 2 is 1.89 bits per heavy atom. The predicted molar refractivity (Wildman–Crippen MR) is 132 cm³/mol. The summed E-state index contributed by atoms with van der Waals surface area (Å²) in [5.41, 5.74) is -0.501. The van der Waals surface area contributed by atoms with Gasteiger partial charge in [-0.2, -0.15) is 17.7 Å². The lowest BCUT2D eigenvalue weighted by Gasteiger charge is -2.22. The minimum Gasteiger partial charge on any atom is -0.497 e. The van der Waals surface area contributed by atoms with Gasteiger partial charge in [0.2, 0.25) is 11.9 Å². The van der Waals surface area contributed by atoms with E-state index in [1.807, 2.05) is 12.1 Å². The standard InChI is InChI=1S/C26H25F3N6O2/c1-37-16-10-8-15(9-11-16)21-33-22-17-5-4-6-18(25(12-13-25)26(27,28)29)20(17)32-24(35(22)34-21)31-19-7-2-3-14-30-23(19)36/h4-6,8-11,19H,2-3,7,12-14H2,1H3,(H,30,36)(H,31,32)/t19-/m1/s1. The van der Waals surface area contributed by atoms with Crippen molar-refractivity contribution >= 4 is 28.4 Å². The lowest BCUT2D eigenvalue weighted by Crippen LogP contribution is -2.38. The number of amides is 1. The summed E-state index contributed by atoms with van der Waals surface area (Å²) in [5, 5.41) is 11.1. The van der Waals surface area contributed by atoms with Crippen molar-refractivity contribution in [2.75, 3.05) is 19.0 Å². The van der Waals surface area contributed by atoms with Crippen molar-refractivity contribution in [1.29, 1.82) is 0 Å². The molecule has 1 aliphatic carbocycles. The zero-order valence-electron chi connectivity index (χ0n) is 20.1. The van der Waals surface area contributed by atoms with Crippen molar-refractivity contribution in [2.24, 2.45) is 0 Å². The first-order chi connectivity index (χ1) is 17.8. The summed E-state index contributed by atoms with van der Waals surface area (Å²) in [7, 11) is 1.57. The molecule has 2 aromatic carbocycles. The van der Waals surface area contributed by atoms with E-state index in [4.69, 9.17) is 9.72 Å². The third kappa shape index (κ3) is 3.93. The van der Waals surface area contributed by atoms with Gasteiger partial charge in [0.25, 0.3) is 0 Å². The Bertz CT molecular complexity index is 1490. The number of aromatic nitrogens is 4. The minimum absolute atomic E-state index is 0.0139. The number of nitrogens with one attached hydrogen (secondary N) is 2. The highest BCUT2D eigenvalue weighted by Gasteiger charge is 2.64. The van der Waals surface area contributed by atoms with Crippen LogP contribution in [0.2, 0.25) is 0 Å². The van der Waals surface area contributed by atoms with E-state index in [2.05, 4.69) is 20.7 Å². The van der Waals surface area contributed by atoms with Crippen LogP contribution in [0.3, 0.4) is 0 Å². The van der Waals surface area contributed by atoms with Crippen LogP contribution in [0.25, 0.3) is 27.9 Å². The molecule has 0 unspecified atom stereocenters. The average molecular weight is 511 g/mol. The highest BCUT2D eigenvalue weighted by atomic mass is 19.4. The van der Waals surface area contributed by atoms with Gasteiger partial charge in [0.15, 0.2) is 11.5 Å². The minimum atomic E-state index is -4.40. The predicted octanol–water partition coefficient (Wildman–Crippen LogP) is 4.63. The van der Waals surface area contributed by atoms with Gasteiger partial charge in [-0.15, -0.1) is 5.10 Å². The molecule has 192 valence electrons. The van der Waals surface area contributed by atoms with Gasteiger partial charge < -0.3 is 15.4 Å². The monoisotopic (exact) mass is 510 g/mol. The number of halogens is 3. The summed E-state index contributed by atoms with van der Waals surface area (Å²) in [6.07, 6.45) is -2.12. The summed E-state index contributed by atoms with van der Waals surface area (Å²) in [6, 6.07) is 11.4. The fraction of sp³-hybridized carbons (Fsp3) is 0.385. The maximum absolute atomic E-state index is 14.1. The number of carbonyl (C=O) groups is 1. The highest BCUT2D eigenvalue weighted by molar-refractivity contribution is 5.96. The van der Waals surface area contributed by atoms with Crippen LogP contribution < -0.4 is 15.4 Å². The molecule has 2 fully saturated rings. The van der Waals surface area contributed by atoms with Gasteiger partial charge in [0.1, 0.15) is 11.8 Å². The molecule has 11 heteroatoms. The highest BCUT2D eigenvalue weighted by Crippen LogP contribution is 2.60. The first-order valence-corrected chi connectivity index (χ1v) is 12.3. The van der Waals surface area contributed by atoms with Crippen LogP contribution in [0, 0.1) is 0 Å². The quantitative estimate of drug-likeness (QED) is 0.407. The van der Waals surface area contributed by atoms with Gasteiger partial charge in [-0.25, -0.2) is 9.97 Å². The lowest BCUT2D eigenvalue weighted by molar-refractivity contribution is -0.160. The van der Waals surface area contributed by atoms with Crippen molar-refractivity contribution in [3.8, 4) is 17.1 Å². The number of anilines is 1. The van der Waals surface area contributed by atoms with E-state index in [9.17, 15) is 18.0 Å². The van der Waals surface area contributed by atoms with E-state index in [1.54, 1.807) is 31.4 Å². The molecule has 37 heavy (non-hydrogen) atoms. The molecule has 6 rings (SSSR count). The SMILES string of the molecule is COc1ccc(-c2nc3c4cccc(C5(C(F)(F)F)CC5)c4nc(N[C@@H]4CCCCNC4=O)n3n2)cc1. The second-order valence-corrected chi connectivity index (χ2v) is 9.60. The number of rotatable bonds is 5. The molecule has 4 aromatic rings. The van der Waals surface area contributed by atoms with E-state index in [0.717, 1.165) is 12.8 Å². The van der Waals surface area contributed by atoms with Crippen molar-refractivity contribution in [1.82, 2.24) is 24.9 Å². The van der Waals surface area contributed by atoms with E-state index >= 15 is 0 Å². The molecule has 0 spiro atoms. The molecule has 1 aliphatic heterocycles. The van der Waals surface area contributed by atoms with Gasteiger partial charge >= 0.3 is 6.18 Å². The van der Waals surface area contributed by atoms with E-state index in [-0.39, 0.29) is 35.8 Å². The number of fused-ring (bicyclic) bond motifs is 3. The summed E-state index contributed by atoms with van der Waals surface area (Å²) >= 11 is 0. The maximum Gasteiger partial charge on any atom is 0.398 e. The van der Waals surface area contributed by atoms with Gasteiger partial charge in [-0.05, 0) is 68.0 Å². The molecule has 2 aromatic heterocycles. The third-order valence-electron chi connectivity index (χ3n) is 7.30. The number of hydrogen-bond donors (Lipinski definition) is 2. The topological polar surface area (TPSA) is 93.4 Å². The number of methoxy groups -OCH3 is 1. The maximum atomic E-state index is 14.1. The van der Waals surface area contributed by atoms with E-state index in [0.29, 0.717) is 41.1 Å². The smallest absolute Gasteiger partial charge is 0.398 e. The van der Waals surface area contributed by atoms with Gasteiger partial charge in [0, 0.05) is 17.5 Å². The largest absolute Gasteiger partial charge is 0.497 e. The fourth-order valence-electron chi connectivity index (χ4n) is 5.04. The average Bonchev–Trinajstić information content (AvgIpc) is 3.63. The van der Waals surface area contributed by atoms with Crippen molar-refractivity contribution in [3.63, 3.8) is 0 Å². The molecule has 0 radical (unpaired) electrons. The van der Waals surface area contributed by atoms with Gasteiger partial charge in [-0.1, -0.05) is 12.1 Å². The summed E-state index contributed by atoms with van der Waals surface area (Å²) in [5.74, 6) is 1.06. The molecule has 0 bridgehead atoms. The molecular formula is C26H25F3N6O2. The Labute approximate surface area is 210 Å². The third-order valence-corrected chi connectivity index (χ3v) is 7.30. The summed E-state index contributed by atoms with van der Waals surface area (Å²) in [6.45, 7) is 0.584. The lowest BCUT2D eigenvalue weighted by atomic mass is 9.93. The molecule has 1 saturated carbocycles. The van der Waals surface area contributed by atoms with Crippen molar-refractivity contribution in [3.05, 3.63) is 48.0 Å². The number of carbonyl (C=O) groups excluding carboxylic acids is 1. The Hall–Kier alpha value is -3.89. The van der Waals surface area contributed by atoms with Gasteiger partial charge in [0.05, 0.1) is 18.0 Å². The second-order valence-electron chi connectivity index (χ2n) is 9.60. The molecular weight excluding hydrogens is 485 g/mol. The Balaban J connectivity index is 1.56. The number of alkyl halides is 3. The number of benzene rings is 2. The molecule has 3 heterocycles. The zero-order valence-corrected chi connectivity index (χ0v) is 20.1. The van der Waals surface area contributed by atoms with Crippen molar-refractivity contribution in [2.45, 2.75) is 49.7 Å². The van der Waals surface area contributed by atoms with Crippen LogP contribution in [-0.4, -0.2) is 51.4 Å². The fourth-order valence-corrected chi connectivity index (χ4v) is 5.04. The van der Waals surface area contributed by atoms with Crippen LogP contribution in [0.4, 0.5) is 19.1 Å². The van der Waals surface area contributed by atoms with E-state index < -0.39 is 17.6 Å². The van der Waals surface area contributed by atoms with Crippen LogP contribution in [0.5, 0.6) is 5.75 Å². The number of nitrogens with zero attached hydrogens (tertiary/aromatic N) is 4. The summed E-state index contributed by atoms with van der Waals surface area (Å²) < 4.78 is 49.1. The number of ether oxygens (including phenoxy) is 1. The molecule has 2 N–H and O–H groups in total. The van der Waals surface area contributed by atoms with Crippen LogP contribution in [-0.2, 0) is 10.2 Å². The Kier molecular flexibility index (Phi) is 5.46. The zero-order chi connectivity index (χ0) is 25.8. The molecule has 2 aliphatic rings. The molecule has 1 amide bonds. The Morgan fingerprint density at radius 1 is 1.11 bits per heavy atom. The summed E-state index contributed by atoms with van der Waals surface area (Å²) in [4.78, 5) is 22.0. The van der Waals surface area contributed by atoms with Gasteiger partial charge in [-0.3, -0.25) is 4.79 Å². The van der Waals surface area contributed by atoms with Crippen LogP contribution >= 0.6 is 0 Å². The molecule has 1 saturated heterocycles. The van der Waals surface area contributed by atoms with Crippen LogP contribution in [0.15, 0.2) is 42.5 Å². The first kappa shape index (κ1) is 23.5. The van der Waals surface area contributed by atoms with Crippen molar-refractivity contribution < 1.29 is 22.7 Å². The van der Waals surface area contributed by atoms with Crippen LogP contribution in [0.1, 0.15) is 37.7 Å². The Morgan fingerprint density at radius 3 is 2.59 bits per heavy atom.